The van der Waals surface area contributed by atoms with Gasteiger partial charge in [0.15, 0.2) is 0 Å². The van der Waals surface area contributed by atoms with Crippen molar-refractivity contribution in [2.24, 2.45) is 5.92 Å². The van der Waals surface area contributed by atoms with Crippen LogP contribution < -0.4 is 10.1 Å². The van der Waals surface area contributed by atoms with Crippen LogP contribution in [0.5, 0.6) is 11.5 Å². The summed E-state index contributed by atoms with van der Waals surface area (Å²) in [7, 11) is 0. The molecule has 10 nitrogen and oxygen atoms in total. The van der Waals surface area contributed by atoms with E-state index in [1.165, 1.54) is 0 Å². The number of phenolic OH excluding ortho intramolecular Hbond substituents is 1. The number of nitrogens with one attached hydrogen (secondary N) is 1. The van der Waals surface area contributed by atoms with E-state index in [2.05, 4.69) is 15.6 Å². The average molecular weight is 566 g/mol. The van der Waals surface area contributed by atoms with Gasteiger partial charge in [0.2, 0.25) is 0 Å². The number of amides is 2. The van der Waals surface area contributed by atoms with Crippen LogP contribution in [0.1, 0.15) is 34.6 Å². The van der Waals surface area contributed by atoms with Crippen molar-refractivity contribution >= 4 is 39.3 Å². The minimum atomic E-state index is -0.371. The fourth-order valence-electron chi connectivity index (χ4n) is 5.09. The highest BCUT2D eigenvalue weighted by molar-refractivity contribution is 6.15. The lowest BCUT2D eigenvalue weighted by Crippen LogP contribution is -2.40. The largest absolute Gasteiger partial charge is 0.506 e. The molecular formula is C32H31N5O5. The van der Waals surface area contributed by atoms with Crippen molar-refractivity contribution in [3.05, 3.63) is 83.9 Å². The topological polar surface area (TPSA) is 119 Å². The molecule has 1 saturated heterocycles. The van der Waals surface area contributed by atoms with Gasteiger partial charge in [-0.25, -0.2) is 4.68 Å². The van der Waals surface area contributed by atoms with Gasteiger partial charge in [-0.15, -0.1) is 5.10 Å². The number of rotatable bonds is 7. The Labute approximate surface area is 242 Å². The quantitative estimate of drug-likeness (QED) is 0.284. The van der Waals surface area contributed by atoms with Crippen LogP contribution in [0.2, 0.25) is 0 Å². The number of carbonyl (C=O) groups excluding carboxylic acids is 2. The first-order chi connectivity index (χ1) is 20.4. The molecule has 10 heteroatoms. The highest BCUT2D eigenvalue weighted by Gasteiger charge is 2.26. The number of ether oxygens (including phenoxy) is 2. The lowest BCUT2D eigenvalue weighted by Gasteiger charge is -2.27. The highest BCUT2D eigenvalue weighted by Crippen LogP contribution is 2.39. The Balaban J connectivity index is 1.50. The number of para-hydroxylation sites is 2. The second-order valence-corrected chi connectivity index (χ2v) is 10.6. The van der Waals surface area contributed by atoms with E-state index in [4.69, 9.17) is 9.47 Å². The number of anilines is 1. The fourth-order valence-corrected chi connectivity index (χ4v) is 5.09. The van der Waals surface area contributed by atoms with Crippen molar-refractivity contribution in [2.45, 2.75) is 13.8 Å². The van der Waals surface area contributed by atoms with Gasteiger partial charge in [-0.1, -0.05) is 55.5 Å². The molecule has 1 aliphatic heterocycles. The van der Waals surface area contributed by atoms with Crippen LogP contribution in [0.3, 0.4) is 0 Å². The Bertz CT molecular complexity index is 1790. The molecule has 0 bridgehead atoms. The number of nitrogens with zero attached hydrogens (tertiary/aromatic N) is 4. The highest BCUT2D eigenvalue weighted by atomic mass is 16.5. The third kappa shape index (κ3) is 5.12. The molecule has 1 aromatic heterocycles. The first-order valence-electron chi connectivity index (χ1n) is 13.9. The van der Waals surface area contributed by atoms with Crippen LogP contribution in [0.25, 0.3) is 27.5 Å². The Morgan fingerprint density at radius 2 is 1.76 bits per heavy atom. The summed E-state index contributed by atoms with van der Waals surface area (Å²) >= 11 is 0. The molecule has 4 aromatic carbocycles. The van der Waals surface area contributed by atoms with Crippen molar-refractivity contribution in [3.63, 3.8) is 0 Å². The molecule has 5 aromatic rings. The lowest BCUT2D eigenvalue weighted by molar-refractivity contribution is 0.0301. The molecule has 6 rings (SSSR count). The van der Waals surface area contributed by atoms with E-state index in [1.54, 1.807) is 52.0 Å². The van der Waals surface area contributed by atoms with Gasteiger partial charge in [-0.2, -0.15) is 0 Å². The van der Waals surface area contributed by atoms with Gasteiger partial charge in [-0.05, 0) is 42.3 Å². The Morgan fingerprint density at radius 3 is 2.57 bits per heavy atom. The molecule has 0 spiro atoms. The summed E-state index contributed by atoms with van der Waals surface area (Å²) in [6.07, 6.45) is 0. The minimum absolute atomic E-state index is 0.134. The summed E-state index contributed by atoms with van der Waals surface area (Å²) in [5, 5.41) is 24.1. The third-order valence-electron chi connectivity index (χ3n) is 7.17. The molecule has 42 heavy (non-hydrogen) atoms. The summed E-state index contributed by atoms with van der Waals surface area (Å²) in [4.78, 5) is 28.9. The minimum Gasteiger partial charge on any atom is -0.506 e. The maximum Gasteiger partial charge on any atom is 0.259 e. The molecule has 2 amide bonds. The molecular weight excluding hydrogens is 534 g/mol. The van der Waals surface area contributed by atoms with Crippen molar-refractivity contribution in [1.82, 2.24) is 19.9 Å². The monoisotopic (exact) mass is 565 g/mol. The van der Waals surface area contributed by atoms with Crippen LogP contribution >= 0.6 is 0 Å². The number of morpholine rings is 1. The maximum atomic E-state index is 13.6. The van der Waals surface area contributed by atoms with Crippen molar-refractivity contribution < 1.29 is 24.2 Å². The molecule has 0 atom stereocenters. The number of aromatic nitrogens is 3. The third-order valence-corrected chi connectivity index (χ3v) is 7.17. The molecule has 1 fully saturated rings. The average Bonchev–Trinajstić information content (AvgIpc) is 3.45. The van der Waals surface area contributed by atoms with Crippen LogP contribution in [0.15, 0.2) is 72.8 Å². The predicted octanol–water partition coefficient (Wildman–Crippen LogP) is 5.04. The van der Waals surface area contributed by atoms with Gasteiger partial charge in [0.05, 0.1) is 47.8 Å². The van der Waals surface area contributed by atoms with Gasteiger partial charge in [0, 0.05) is 23.9 Å². The zero-order valence-electron chi connectivity index (χ0n) is 23.4. The SMILES string of the molecule is CC(C)COc1ccccc1C(=O)Nc1cccc2c(O)c(C(=O)N3CCOCC3)cc(-n3nnc4ccccc43)c12. The Hall–Kier alpha value is -4.96. The summed E-state index contributed by atoms with van der Waals surface area (Å²) < 4.78 is 13.0. The predicted molar refractivity (Wildman–Crippen MR) is 159 cm³/mol. The van der Waals surface area contributed by atoms with Crippen LogP contribution in [0, 0.1) is 5.92 Å². The summed E-state index contributed by atoms with van der Waals surface area (Å²) in [6, 6.07) is 21.4. The summed E-state index contributed by atoms with van der Waals surface area (Å²) in [5.41, 5.74) is 2.82. The second kappa shape index (κ2) is 11.5. The van der Waals surface area contributed by atoms with Gasteiger partial charge in [-0.3, -0.25) is 9.59 Å². The second-order valence-electron chi connectivity index (χ2n) is 10.6. The zero-order valence-corrected chi connectivity index (χ0v) is 23.4. The molecule has 1 aliphatic rings. The van der Waals surface area contributed by atoms with Crippen molar-refractivity contribution in [3.8, 4) is 17.2 Å². The maximum absolute atomic E-state index is 13.6. The molecule has 0 aliphatic carbocycles. The number of carbonyl (C=O) groups is 2. The smallest absolute Gasteiger partial charge is 0.259 e. The Kier molecular flexibility index (Phi) is 7.45. The van der Waals surface area contributed by atoms with E-state index in [-0.39, 0.29) is 29.0 Å². The Morgan fingerprint density at radius 1 is 1.00 bits per heavy atom. The van der Waals surface area contributed by atoms with Crippen molar-refractivity contribution in [1.29, 1.82) is 0 Å². The number of hydrogen-bond donors (Lipinski definition) is 2. The molecule has 214 valence electrons. The van der Waals surface area contributed by atoms with Gasteiger partial charge in [0.25, 0.3) is 11.8 Å². The summed E-state index contributed by atoms with van der Waals surface area (Å²) in [5.74, 6) is -0.0889. The first kappa shape index (κ1) is 27.2. The first-order valence-corrected chi connectivity index (χ1v) is 13.9. The number of hydrogen-bond acceptors (Lipinski definition) is 7. The number of aromatic hydroxyl groups is 1. The van der Waals surface area contributed by atoms with Crippen LogP contribution in [-0.2, 0) is 4.74 Å². The summed E-state index contributed by atoms with van der Waals surface area (Å²) in [6.45, 7) is 6.25. The van der Waals surface area contributed by atoms with Crippen molar-refractivity contribution in [2.75, 3.05) is 38.2 Å². The van der Waals surface area contributed by atoms with E-state index in [0.29, 0.717) is 77.4 Å². The van der Waals surface area contributed by atoms with E-state index in [1.807, 2.05) is 44.2 Å². The molecule has 2 N–H and O–H groups in total. The van der Waals surface area contributed by atoms with Gasteiger partial charge >= 0.3 is 0 Å². The van der Waals surface area contributed by atoms with E-state index in [9.17, 15) is 14.7 Å². The molecule has 0 saturated carbocycles. The number of benzene rings is 4. The van der Waals surface area contributed by atoms with E-state index >= 15 is 0 Å². The molecule has 0 radical (unpaired) electrons. The standard InChI is InChI=1S/C32H31N5O5/c1-20(2)19-42-28-13-6-3-8-21(28)31(39)33-25-11-7-9-22-29(25)27(37-26-12-5-4-10-24(26)34-35-37)18-23(30(22)38)32(40)36-14-16-41-17-15-36/h3-13,18,20,38H,14-17,19H2,1-2H3,(H,33,39). The van der Waals surface area contributed by atoms with E-state index < -0.39 is 0 Å². The molecule has 2 heterocycles. The number of fused-ring (bicyclic) bond motifs is 2. The normalized spacial score (nSPS) is 13.5. The van der Waals surface area contributed by atoms with Gasteiger partial charge < -0.3 is 24.8 Å². The lowest BCUT2D eigenvalue weighted by atomic mass is 10.00. The molecule has 0 unspecified atom stereocenters. The van der Waals surface area contributed by atoms with E-state index in [0.717, 1.165) is 0 Å². The van der Waals surface area contributed by atoms with Crippen LogP contribution in [-0.4, -0.2) is 69.7 Å². The fraction of sp³-hybridized carbons (Fsp3) is 0.250. The van der Waals surface area contributed by atoms with Gasteiger partial charge in [0.1, 0.15) is 17.0 Å². The van der Waals surface area contributed by atoms with Crippen LogP contribution in [0.4, 0.5) is 5.69 Å². The zero-order chi connectivity index (χ0) is 29.2. The number of phenols is 1.